The van der Waals surface area contributed by atoms with Crippen molar-refractivity contribution in [1.82, 2.24) is 4.90 Å². The Bertz CT molecular complexity index is 548. The molecule has 0 bridgehead atoms. The first-order chi connectivity index (χ1) is 11.2. The number of ether oxygens (including phenoxy) is 2. The summed E-state index contributed by atoms with van der Waals surface area (Å²) in [6.45, 7) is 2.56. The molecule has 5 nitrogen and oxygen atoms in total. The molecule has 0 saturated carbocycles. The van der Waals surface area contributed by atoms with Gasteiger partial charge in [-0.15, -0.1) is 0 Å². The van der Waals surface area contributed by atoms with Crippen LogP contribution in [0.4, 0.5) is 4.39 Å². The molecule has 1 aromatic carbocycles. The normalized spacial score (nSPS) is 24.4. The Balaban J connectivity index is 1.66. The molecule has 3 rings (SSSR count). The minimum absolute atomic E-state index is 0.0680. The SMILES string of the molecule is NC(C(=O)N1CCOC(c2ccccc2F)C1)C1CCOCC1. The Kier molecular flexibility index (Phi) is 5.25. The predicted octanol–water partition coefficient (Wildman–Crippen LogP) is 1.48. The summed E-state index contributed by atoms with van der Waals surface area (Å²) < 4.78 is 24.9. The van der Waals surface area contributed by atoms with Crippen LogP contribution in [0.2, 0.25) is 0 Å². The van der Waals surface area contributed by atoms with Crippen molar-refractivity contribution in [3.63, 3.8) is 0 Å². The lowest BCUT2D eigenvalue weighted by molar-refractivity contribution is -0.142. The summed E-state index contributed by atoms with van der Waals surface area (Å²) in [5.41, 5.74) is 6.67. The lowest BCUT2D eigenvalue weighted by Crippen LogP contribution is -2.52. The van der Waals surface area contributed by atoms with Gasteiger partial charge in [0, 0.05) is 25.3 Å². The number of carbonyl (C=O) groups is 1. The van der Waals surface area contributed by atoms with Gasteiger partial charge < -0.3 is 20.1 Å². The Morgan fingerprint density at radius 3 is 2.74 bits per heavy atom. The van der Waals surface area contributed by atoms with Crippen molar-refractivity contribution >= 4 is 5.91 Å². The Labute approximate surface area is 135 Å². The first kappa shape index (κ1) is 16.4. The average Bonchev–Trinajstić information content (AvgIpc) is 2.62. The summed E-state index contributed by atoms with van der Waals surface area (Å²) >= 11 is 0. The van der Waals surface area contributed by atoms with Crippen LogP contribution in [0.25, 0.3) is 0 Å². The van der Waals surface area contributed by atoms with E-state index >= 15 is 0 Å². The molecule has 6 heteroatoms. The van der Waals surface area contributed by atoms with Gasteiger partial charge in [0.15, 0.2) is 0 Å². The average molecular weight is 322 g/mol. The molecule has 0 aliphatic carbocycles. The van der Waals surface area contributed by atoms with Crippen molar-refractivity contribution < 1.29 is 18.7 Å². The van der Waals surface area contributed by atoms with Gasteiger partial charge in [0.1, 0.15) is 11.9 Å². The van der Waals surface area contributed by atoms with E-state index in [1.54, 1.807) is 23.1 Å². The molecule has 2 unspecified atom stereocenters. The third kappa shape index (κ3) is 3.71. The van der Waals surface area contributed by atoms with Gasteiger partial charge >= 0.3 is 0 Å². The van der Waals surface area contributed by atoms with Crippen LogP contribution in [-0.2, 0) is 14.3 Å². The van der Waals surface area contributed by atoms with E-state index in [9.17, 15) is 9.18 Å². The molecule has 2 atom stereocenters. The highest BCUT2D eigenvalue weighted by Crippen LogP contribution is 2.26. The number of benzene rings is 1. The van der Waals surface area contributed by atoms with Crippen LogP contribution in [0.5, 0.6) is 0 Å². The number of nitrogens with two attached hydrogens (primary N) is 1. The van der Waals surface area contributed by atoms with Crippen molar-refractivity contribution in [2.24, 2.45) is 11.7 Å². The van der Waals surface area contributed by atoms with Gasteiger partial charge in [0.2, 0.25) is 5.91 Å². The number of rotatable bonds is 3. The molecule has 2 aliphatic rings. The lowest BCUT2D eigenvalue weighted by atomic mass is 9.91. The molecule has 1 aromatic rings. The number of morpholine rings is 1. The largest absolute Gasteiger partial charge is 0.381 e. The maximum absolute atomic E-state index is 13.9. The summed E-state index contributed by atoms with van der Waals surface area (Å²) in [6.07, 6.45) is 1.19. The molecular formula is C17H23FN2O3. The van der Waals surface area contributed by atoms with E-state index in [0.717, 1.165) is 12.8 Å². The van der Waals surface area contributed by atoms with Crippen LogP contribution in [0.15, 0.2) is 24.3 Å². The first-order valence-electron chi connectivity index (χ1n) is 8.15. The Morgan fingerprint density at radius 2 is 2.00 bits per heavy atom. The van der Waals surface area contributed by atoms with E-state index in [0.29, 0.717) is 38.5 Å². The van der Waals surface area contributed by atoms with E-state index in [-0.39, 0.29) is 17.6 Å². The number of carbonyl (C=O) groups excluding carboxylic acids is 1. The van der Waals surface area contributed by atoms with Crippen molar-refractivity contribution in [1.29, 1.82) is 0 Å². The summed E-state index contributed by atoms with van der Waals surface area (Å²) in [7, 11) is 0. The summed E-state index contributed by atoms with van der Waals surface area (Å²) in [5.74, 6) is -0.215. The van der Waals surface area contributed by atoms with Gasteiger partial charge in [-0.1, -0.05) is 18.2 Å². The van der Waals surface area contributed by atoms with Gasteiger partial charge in [0.05, 0.1) is 19.2 Å². The van der Waals surface area contributed by atoms with Crippen LogP contribution < -0.4 is 5.73 Å². The maximum Gasteiger partial charge on any atom is 0.239 e. The molecule has 2 fully saturated rings. The first-order valence-corrected chi connectivity index (χ1v) is 8.15. The fourth-order valence-corrected chi connectivity index (χ4v) is 3.26. The highest BCUT2D eigenvalue weighted by atomic mass is 19.1. The number of hydrogen-bond acceptors (Lipinski definition) is 4. The van der Waals surface area contributed by atoms with E-state index in [1.165, 1.54) is 6.07 Å². The third-order valence-electron chi connectivity index (χ3n) is 4.69. The zero-order chi connectivity index (χ0) is 16.2. The maximum atomic E-state index is 13.9. The molecule has 2 heterocycles. The molecular weight excluding hydrogens is 299 g/mol. The minimum atomic E-state index is -0.515. The van der Waals surface area contributed by atoms with Gasteiger partial charge in [-0.2, -0.15) is 0 Å². The zero-order valence-electron chi connectivity index (χ0n) is 13.1. The van der Waals surface area contributed by atoms with E-state index < -0.39 is 12.1 Å². The second kappa shape index (κ2) is 7.38. The van der Waals surface area contributed by atoms with Gasteiger partial charge in [-0.3, -0.25) is 4.79 Å². The van der Waals surface area contributed by atoms with Crippen LogP contribution in [0, 0.1) is 11.7 Å². The standard InChI is InChI=1S/C17H23FN2O3/c18-14-4-2-1-3-13(14)15-11-20(7-10-23-15)17(21)16(19)12-5-8-22-9-6-12/h1-4,12,15-16H,5-11,19H2. The van der Waals surface area contributed by atoms with E-state index in [2.05, 4.69) is 0 Å². The number of hydrogen-bond donors (Lipinski definition) is 1. The van der Waals surface area contributed by atoms with Gasteiger partial charge in [0.25, 0.3) is 0 Å². The minimum Gasteiger partial charge on any atom is -0.381 e. The summed E-state index contributed by atoms with van der Waals surface area (Å²) in [4.78, 5) is 14.4. The smallest absolute Gasteiger partial charge is 0.239 e. The topological polar surface area (TPSA) is 64.8 Å². The summed E-state index contributed by atoms with van der Waals surface area (Å²) in [5, 5.41) is 0. The predicted molar refractivity (Wildman–Crippen MR) is 83.2 cm³/mol. The fraction of sp³-hybridized carbons (Fsp3) is 0.588. The molecule has 0 radical (unpaired) electrons. The van der Waals surface area contributed by atoms with Crippen LogP contribution in [0.3, 0.4) is 0 Å². The molecule has 126 valence electrons. The molecule has 2 aliphatic heterocycles. The van der Waals surface area contributed by atoms with Crippen LogP contribution >= 0.6 is 0 Å². The number of nitrogens with zero attached hydrogens (tertiary/aromatic N) is 1. The lowest BCUT2D eigenvalue weighted by Gasteiger charge is -2.36. The molecule has 2 N–H and O–H groups in total. The molecule has 0 aromatic heterocycles. The van der Waals surface area contributed by atoms with Crippen molar-refractivity contribution in [2.75, 3.05) is 32.9 Å². The van der Waals surface area contributed by atoms with Crippen molar-refractivity contribution in [3.05, 3.63) is 35.6 Å². The fourth-order valence-electron chi connectivity index (χ4n) is 3.26. The number of halogens is 1. The zero-order valence-corrected chi connectivity index (χ0v) is 13.1. The van der Waals surface area contributed by atoms with Crippen LogP contribution in [0.1, 0.15) is 24.5 Å². The molecule has 2 saturated heterocycles. The van der Waals surface area contributed by atoms with E-state index in [1.807, 2.05) is 0 Å². The second-order valence-electron chi connectivity index (χ2n) is 6.14. The van der Waals surface area contributed by atoms with Crippen molar-refractivity contribution in [2.45, 2.75) is 25.0 Å². The molecule has 23 heavy (non-hydrogen) atoms. The van der Waals surface area contributed by atoms with Gasteiger partial charge in [-0.05, 0) is 24.8 Å². The molecule has 1 amide bonds. The van der Waals surface area contributed by atoms with Crippen molar-refractivity contribution in [3.8, 4) is 0 Å². The Morgan fingerprint density at radius 1 is 1.26 bits per heavy atom. The van der Waals surface area contributed by atoms with Gasteiger partial charge in [-0.25, -0.2) is 4.39 Å². The highest BCUT2D eigenvalue weighted by molar-refractivity contribution is 5.82. The van der Waals surface area contributed by atoms with E-state index in [4.69, 9.17) is 15.2 Å². The quantitative estimate of drug-likeness (QED) is 0.915. The number of amides is 1. The van der Waals surface area contributed by atoms with Crippen LogP contribution in [-0.4, -0.2) is 49.8 Å². The molecule has 0 spiro atoms. The summed E-state index contributed by atoms with van der Waals surface area (Å²) in [6, 6.07) is 6.01. The highest BCUT2D eigenvalue weighted by Gasteiger charge is 2.33. The third-order valence-corrected chi connectivity index (χ3v) is 4.69. The monoisotopic (exact) mass is 322 g/mol. The second-order valence-corrected chi connectivity index (χ2v) is 6.14. The Hall–Kier alpha value is -1.50.